The maximum Gasteiger partial charge on any atom is 0.271 e. The van der Waals surface area contributed by atoms with E-state index in [0.29, 0.717) is 34.7 Å². The molecule has 0 spiro atoms. The van der Waals surface area contributed by atoms with Crippen LogP contribution >= 0.6 is 0 Å². The number of benzene rings is 2. The average Bonchev–Trinajstić information content (AvgIpc) is 3.15. The van der Waals surface area contributed by atoms with Crippen LogP contribution in [0.5, 0.6) is 0 Å². The standard InChI is InChI=1S/C18H12FN5O3/c19-12-3-1-11(2-4-12)16-8-14(27-23-16)9-20-18-15-6-5-13(24(25)26)7-17(15)21-10-22-18/h1-8,10H,9H2,(H,20,21,22). The van der Waals surface area contributed by atoms with Gasteiger partial charge in [-0.1, -0.05) is 5.16 Å². The van der Waals surface area contributed by atoms with Crippen LogP contribution in [0.1, 0.15) is 5.76 Å². The molecule has 0 bridgehead atoms. The molecule has 0 fully saturated rings. The quantitative estimate of drug-likeness (QED) is 0.421. The van der Waals surface area contributed by atoms with Crippen LogP contribution in [0.15, 0.2) is 59.4 Å². The molecule has 0 aliphatic carbocycles. The maximum atomic E-state index is 13.0. The van der Waals surface area contributed by atoms with Crippen LogP contribution in [0.4, 0.5) is 15.9 Å². The van der Waals surface area contributed by atoms with Gasteiger partial charge in [-0.15, -0.1) is 0 Å². The van der Waals surface area contributed by atoms with Crippen LogP contribution in [0, 0.1) is 15.9 Å². The lowest BCUT2D eigenvalue weighted by molar-refractivity contribution is -0.384. The van der Waals surface area contributed by atoms with Gasteiger partial charge in [0.1, 0.15) is 23.7 Å². The Balaban J connectivity index is 1.54. The number of aromatic nitrogens is 3. The first-order valence-electron chi connectivity index (χ1n) is 7.95. The van der Waals surface area contributed by atoms with Gasteiger partial charge < -0.3 is 9.84 Å². The molecule has 0 unspecified atom stereocenters. The monoisotopic (exact) mass is 365 g/mol. The number of rotatable bonds is 5. The van der Waals surface area contributed by atoms with E-state index in [9.17, 15) is 14.5 Å². The van der Waals surface area contributed by atoms with Crippen LogP contribution in [0.3, 0.4) is 0 Å². The summed E-state index contributed by atoms with van der Waals surface area (Å²) in [4.78, 5) is 18.7. The fourth-order valence-electron chi connectivity index (χ4n) is 2.62. The molecule has 0 aliphatic rings. The molecule has 1 N–H and O–H groups in total. The smallest absolute Gasteiger partial charge is 0.271 e. The third-order valence-corrected chi connectivity index (χ3v) is 3.96. The summed E-state index contributed by atoms with van der Waals surface area (Å²) in [5.74, 6) is 0.762. The predicted molar refractivity (Wildman–Crippen MR) is 95.4 cm³/mol. The van der Waals surface area contributed by atoms with Gasteiger partial charge in [-0.25, -0.2) is 14.4 Å². The number of nitro groups is 1. The Kier molecular flexibility index (Phi) is 4.17. The Hall–Kier alpha value is -3.88. The number of nitrogens with one attached hydrogen (secondary N) is 1. The second-order valence-corrected chi connectivity index (χ2v) is 5.72. The van der Waals surface area contributed by atoms with Gasteiger partial charge in [0.25, 0.3) is 5.69 Å². The second kappa shape index (κ2) is 6.79. The van der Waals surface area contributed by atoms with Crippen molar-refractivity contribution in [1.82, 2.24) is 15.1 Å². The number of hydrogen-bond donors (Lipinski definition) is 1. The molecule has 2 heterocycles. The molecule has 4 aromatic rings. The highest BCUT2D eigenvalue weighted by Crippen LogP contribution is 2.25. The van der Waals surface area contributed by atoms with E-state index in [1.807, 2.05) is 0 Å². The van der Waals surface area contributed by atoms with Gasteiger partial charge in [-0.05, 0) is 30.3 Å². The van der Waals surface area contributed by atoms with Gasteiger partial charge in [0, 0.05) is 29.1 Å². The number of halogens is 1. The molecule has 0 saturated heterocycles. The molecular formula is C18H12FN5O3. The lowest BCUT2D eigenvalue weighted by Crippen LogP contribution is -2.02. The Labute approximate surface area is 151 Å². The maximum absolute atomic E-state index is 13.0. The zero-order valence-corrected chi connectivity index (χ0v) is 13.8. The van der Waals surface area contributed by atoms with E-state index in [2.05, 4.69) is 20.4 Å². The minimum Gasteiger partial charge on any atom is -0.362 e. The van der Waals surface area contributed by atoms with Crippen LogP contribution in [0.25, 0.3) is 22.2 Å². The minimum absolute atomic E-state index is 0.0358. The van der Waals surface area contributed by atoms with E-state index in [0.717, 1.165) is 5.56 Å². The summed E-state index contributed by atoms with van der Waals surface area (Å²) < 4.78 is 18.3. The molecule has 2 aromatic carbocycles. The summed E-state index contributed by atoms with van der Waals surface area (Å²) in [6.45, 7) is 0.303. The van der Waals surface area contributed by atoms with E-state index < -0.39 is 4.92 Å². The van der Waals surface area contributed by atoms with Gasteiger partial charge in [0.15, 0.2) is 5.76 Å². The first-order chi connectivity index (χ1) is 13.1. The third kappa shape index (κ3) is 3.43. The number of nitro benzene ring substituents is 1. The molecule has 8 nitrogen and oxygen atoms in total. The van der Waals surface area contributed by atoms with E-state index in [4.69, 9.17) is 4.52 Å². The van der Waals surface area contributed by atoms with Crippen LogP contribution in [-0.2, 0) is 6.54 Å². The van der Waals surface area contributed by atoms with Crippen molar-refractivity contribution in [3.63, 3.8) is 0 Å². The fraction of sp³-hybridized carbons (Fsp3) is 0.0556. The van der Waals surface area contributed by atoms with Crippen molar-refractivity contribution in [1.29, 1.82) is 0 Å². The highest BCUT2D eigenvalue weighted by Gasteiger charge is 2.11. The lowest BCUT2D eigenvalue weighted by atomic mass is 10.1. The van der Waals surface area contributed by atoms with E-state index >= 15 is 0 Å². The normalized spacial score (nSPS) is 10.9. The summed E-state index contributed by atoms with van der Waals surface area (Å²) in [6, 6.07) is 12.1. The molecule has 9 heteroatoms. The van der Waals surface area contributed by atoms with Gasteiger partial charge in [0.2, 0.25) is 0 Å². The van der Waals surface area contributed by atoms with E-state index in [1.54, 1.807) is 24.3 Å². The Morgan fingerprint density at radius 2 is 1.93 bits per heavy atom. The van der Waals surface area contributed by atoms with Gasteiger partial charge >= 0.3 is 0 Å². The van der Waals surface area contributed by atoms with Gasteiger partial charge in [-0.2, -0.15) is 0 Å². The number of fused-ring (bicyclic) bond motifs is 1. The molecular weight excluding hydrogens is 353 g/mol. The largest absolute Gasteiger partial charge is 0.362 e. The van der Waals surface area contributed by atoms with Crippen LogP contribution in [-0.4, -0.2) is 20.0 Å². The number of anilines is 1. The Morgan fingerprint density at radius 1 is 1.11 bits per heavy atom. The molecule has 0 atom stereocenters. The number of nitrogens with zero attached hydrogens (tertiary/aromatic N) is 4. The van der Waals surface area contributed by atoms with Crippen molar-refractivity contribution in [2.24, 2.45) is 0 Å². The van der Waals surface area contributed by atoms with Crippen LogP contribution in [0.2, 0.25) is 0 Å². The highest BCUT2D eigenvalue weighted by molar-refractivity contribution is 5.90. The van der Waals surface area contributed by atoms with Crippen molar-refractivity contribution >= 4 is 22.4 Å². The summed E-state index contributed by atoms with van der Waals surface area (Å²) in [6.07, 6.45) is 1.33. The van der Waals surface area contributed by atoms with Crippen molar-refractivity contribution in [3.8, 4) is 11.3 Å². The first kappa shape index (κ1) is 16.6. The van der Waals surface area contributed by atoms with Crippen molar-refractivity contribution in [3.05, 3.63) is 76.6 Å². The van der Waals surface area contributed by atoms with Gasteiger partial charge in [0.05, 0.1) is 17.0 Å². The Morgan fingerprint density at radius 3 is 2.70 bits per heavy atom. The van der Waals surface area contributed by atoms with Crippen LogP contribution < -0.4 is 5.32 Å². The predicted octanol–water partition coefficient (Wildman–Crippen LogP) is 3.94. The Bertz CT molecular complexity index is 1130. The van der Waals surface area contributed by atoms with Crippen molar-refractivity contribution < 1.29 is 13.8 Å². The zero-order valence-electron chi connectivity index (χ0n) is 13.8. The molecule has 0 saturated carbocycles. The summed E-state index contributed by atoms with van der Waals surface area (Å²) in [7, 11) is 0. The molecule has 134 valence electrons. The summed E-state index contributed by atoms with van der Waals surface area (Å²) in [5, 5.41) is 18.6. The number of non-ortho nitro benzene ring substituents is 1. The molecule has 27 heavy (non-hydrogen) atoms. The SMILES string of the molecule is O=[N+]([O-])c1ccc2c(NCc3cc(-c4ccc(F)cc4)no3)ncnc2c1. The molecule has 0 amide bonds. The van der Waals surface area contributed by atoms with E-state index in [1.165, 1.54) is 30.6 Å². The van der Waals surface area contributed by atoms with E-state index in [-0.39, 0.29) is 11.5 Å². The summed E-state index contributed by atoms with van der Waals surface area (Å²) in [5.41, 5.74) is 1.76. The first-order valence-corrected chi connectivity index (χ1v) is 7.95. The molecule has 0 radical (unpaired) electrons. The molecule has 0 aliphatic heterocycles. The van der Waals surface area contributed by atoms with Crippen molar-refractivity contribution in [2.75, 3.05) is 5.32 Å². The number of hydrogen-bond acceptors (Lipinski definition) is 7. The summed E-state index contributed by atoms with van der Waals surface area (Å²) >= 11 is 0. The lowest BCUT2D eigenvalue weighted by Gasteiger charge is -2.06. The zero-order chi connectivity index (χ0) is 18.8. The fourth-order valence-corrected chi connectivity index (χ4v) is 2.62. The molecule has 2 aromatic heterocycles. The topological polar surface area (TPSA) is 107 Å². The minimum atomic E-state index is -0.472. The average molecular weight is 365 g/mol. The third-order valence-electron chi connectivity index (χ3n) is 3.96. The molecule has 4 rings (SSSR count). The van der Waals surface area contributed by atoms with Crippen molar-refractivity contribution in [2.45, 2.75) is 6.54 Å². The van der Waals surface area contributed by atoms with Gasteiger partial charge in [-0.3, -0.25) is 10.1 Å². The second-order valence-electron chi connectivity index (χ2n) is 5.72. The highest BCUT2D eigenvalue weighted by atomic mass is 19.1.